The summed E-state index contributed by atoms with van der Waals surface area (Å²) in [6.07, 6.45) is 5.80. The second-order valence-corrected chi connectivity index (χ2v) is 3.83. The Morgan fingerprint density at radius 2 is 2.36 bits per heavy atom. The van der Waals surface area contributed by atoms with Crippen molar-refractivity contribution in [1.29, 1.82) is 0 Å². The molecule has 80 valence electrons. The van der Waals surface area contributed by atoms with E-state index in [9.17, 15) is 5.11 Å². The average molecular weight is 199 g/mol. The maximum atomic E-state index is 9.48. The smallest absolute Gasteiger partial charge is 0.110 e. The summed E-state index contributed by atoms with van der Waals surface area (Å²) < 4.78 is 10.5. The van der Waals surface area contributed by atoms with Crippen molar-refractivity contribution in [2.24, 2.45) is 0 Å². The van der Waals surface area contributed by atoms with Crippen LogP contribution in [-0.4, -0.2) is 43.1 Å². The van der Waals surface area contributed by atoms with Crippen molar-refractivity contribution in [3.8, 4) is 0 Å². The fraction of sp³-hybridized carbons (Fsp3) is 0.800. The lowest BCUT2D eigenvalue weighted by Crippen LogP contribution is -2.43. The summed E-state index contributed by atoms with van der Waals surface area (Å²) in [4.78, 5) is 0. The third kappa shape index (κ3) is 2.47. The Morgan fingerprint density at radius 1 is 1.43 bits per heavy atom. The van der Waals surface area contributed by atoms with Crippen LogP contribution in [0, 0.1) is 0 Å². The molecule has 3 atom stereocenters. The van der Waals surface area contributed by atoms with Gasteiger partial charge in [-0.3, -0.25) is 0 Å². The highest BCUT2D eigenvalue weighted by atomic mass is 16.5. The Morgan fingerprint density at radius 3 is 3.00 bits per heavy atom. The van der Waals surface area contributed by atoms with Gasteiger partial charge in [0.2, 0.25) is 0 Å². The van der Waals surface area contributed by atoms with Gasteiger partial charge in [0.15, 0.2) is 0 Å². The minimum Gasteiger partial charge on any atom is -0.497 e. The molecule has 0 aliphatic carbocycles. The molecule has 4 nitrogen and oxygen atoms in total. The molecule has 0 aromatic carbocycles. The minimum absolute atomic E-state index is 0.0736. The van der Waals surface area contributed by atoms with Gasteiger partial charge in [-0.15, -0.1) is 0 Å². The van der Waals surface area contributed by atoms with Crippen molar-refractivity contribution in [2.75, 3.05) is 19.8 Å². The average Bonchev–Trinajstić information content (AvgIpc) is 2.63. The third-order valence-corrected chi connectivity index (χ3v) is 2.68. The lowest BCUT2D eigenvalue weighted by Gasteiger charge is -2.22. The zero-order chi connectivity index (χ0) is 9.80. The molecule has 2 heterocycles. The fourth-order valence-electron chi connectivity index (χ4n) is 1.76. The van der Waals surface area contributed by atoms with Gasteiger partial charge < -0.3 is 19.9 Å². The Bertz CT molecular complexity index is 208. The van der Waals surface area contributed by atoms with Crippen LogP contribution in [0.5, 0.6) is 0 Å². The number of hydrogen-bond donors (Lipinski definition) is 2. The number of ether oxygens (including phenoxy) is 2. The van der Waals surface area contributed by atoms with Crippen LogP contribution in [0.1, 0.15) is 12.8 Å². The first kappa shape index (κ1) is 9.96. The molecule has 0 radical (unpaired) electrons. The topological polar surface area (TPSA) is 50.7 Å². The van der Waals surface area contributed by atoms with Crippen molar-refractivity contribution in [3.05, 3.63) is 12.3 Å². The molecule has 0 bridgehead atoms. The summed E-state index contributed by atoms with van der Waals surface area (Å²) in [5.41, 5.74) is 0. The van der Waals surface area contributed by atoms with Crippen LogP contribution in [-0.2, 0) is 9.47 Å². The van der Waals surface area contributed by atoms with Gasteiger partial charge in [0.25, 0.3) is 0 Å². The van der Waals surface area contributed by atoms with Gasteiger partial charge in [0.1, 0.15) is 6.10 Å². The van der Waals surface area contributed by atoms with Gasteiger partial charge in [-0.25, -0.2) is 0 Å². The van der Waals surface area contributed by atoms with Crippen LogP contribution < -0.4 is 5.32 Å². The summed E-state index contributed by atoms with van der Waals surface area (Å²) >= 11 is 0. The van der Waals surface area contributed by atoms with E-state index in [4.69, 9.17) is 9.47 Å². The highest BCUT2D eigenvalue weighted by Crippen LogP contribution is 2.11. The number of nitrogens with one attached hydrogen (secondary N) is 1. The van der Waals surface area contributed by atoms with Gasteiger partial charge in [-0.1, -0.05) is 0 Å². The zero-order valence-corrected chi connectivity index (χ0v) is 8.19. The summed E-state index contributed by atoms with van der Waals surface area (Å²) in [5.74, 6) is 0. The number of allylic oxidation sites excluding steroid dienone is 1. The number of aliphatic hydroxyl groups excluding tert-OH is 1. The lowest BCUT2D eigenvalue weighted by atomic mass is 10.1. The molecule has 14 heavy (non-hydrogen) atoms. The van der Waals surface area contributed by atoms with Crippen LogP contribution in [0.25, 0.3) is 0 Å². The van der Waals surface area contributed by atoms with Crippen LogP contribution in [0.2, 0.25) is 0 Å². The number of hydrogen-bond acceptors (Lipinski definition) is 4. The maximum absolute atomic E-state index is 9.48. The van der Waals surface area contributed by atoms with Crippen molar-refractivity contribution in [1.82, 2.24) is 5.32 Å². The predicted molar refractivity (Wildman–Crippen MR) is 51.9 cm³/mol. The summed E-state index contributed by atoms with van der Waals surface area (Å²) in [7, 11) is 0. The standard InChI is InChI=1S/C10H17NO3/c12-10-7-13-6-9(10)11-5-8-3-1-2-4-14-8/h2,4,8-12H,1,3,5-7H2/t8?,9-,10-/m1/s1. The summed E-state index contributed by atoms with van der Waals surface area (Å²) in [6, 6.07) is 0.0736. The van der Waals surface area contributed by atoms with Crippen LogP contribution >= 0.6 is 0 Å². The van der Waals surface area contributed by atoms with E-state index in [2.05, 4.69) is 5.32 Å². The van der Waals surface area contributed by atoms with E-state index in [0.29, 0.717) is 13.2 Å². The molecule has 0 saturated carbocycles. The van der Waals surface area contributed by atoms with Gasteiger partial charge in [-0.05, 0) is 18.9 Å². The van der Waals surface area contributed by atoms with E-state index in [1.54, 1.807) is 6.26 Å². The second-order valence-electron chi connectivity index (χ2n) is 3.83. The van der Waals surface area contributed by atoms with Crippen LogP contribution in [0.4, 0.5) is 0 Å². The molecule has 0 spiro atoms. The van der Waals surface area contributed by atoms with Gasteiger partial charge in [0, 0.05) is 6.54 Å². The number of aliphatic hydroxyl groups is 1. The SMILES string of the molecule is O[C@@H]1COC[C@H]1NCC1CCC=CO1. The van der Waals surface area contributed by atoms with Gasteiger partial charge >= 0.3 is 0 Å². The number of rotatable bonds is 3. The molecule has 1 saturated heterocycles. The molecule has 2 rings (SSSR count). The largest absolute Gasteiger partial charge is 0.497 e. The molecule has 0 amide bonds. The van der Waals surface area contributed by atoms with E-state index in [1.165, 1.54) is 0 Å². The Labute approximate surface area is 83.9 Å². The summed E-state index contributed by atoms with van der Waals surface area (Å²) in [6.45, 7) is 1.84. The van der Waals surface area contributed by atoms with E-state index < -0.39 is 0 Å². The lowest BCUT2D eigenvalue weighted by molar-refractivity contribution is 0.104. The normalized spacial score (nSPS) is 37.1. The van der Waals surface area contributed by atoms with Gasteiger partial charge in [-0.2, -0.15) is 0 Å². The minimum atomic E-state index is -0.367. The molecule has 0 aromatic heterocycles. The van der Waals surface area contributed by atoms with E-state index in [-0.39, 0.29) is 18.2 Å². The van der Waals surface area contributed by atoms with Crippen LogP contribution in [0.15, 0.2) is 12.3 Å². The zero-order valence-electron chi connectivity index (χ0n) is 8.19. The molecular weight excluding hydrogens is 182 g/mol. The first-order valence-electron chi connectivity index (χ1n) is 5.16. The van der Waals surface area contributed by atoms with Crippen molar-refractivity contribution < 1.29 is 14.6 Å². The van der Waals surface area contributed by atoms with E-state index in [1.807, 2.05) is 6.08 Å². The molecule has 1 unspecified atom stereocenters. The molecule has 1 fully saturated rings. The van der Waals surface area contributed by atoms with Crippen molar-refractivity contribution >= 4 is 0 Å². The third-order valence-electron chi connectivity index (χ3n) is 2.68. The fourth-order valence-corrected chi connectivity index (χ4v) is 1.76. The molecule has 2 aliphatic heterocycles. The van der Waals surface area contributed by atoms with Gasteiger partial charge in [0.05, 0.1) is 31.6 Å². The Kier molecular flexibility index (Phi) is 3.39. The molecule has 2 aliphatic rings. The quantitative estimate of drug-likeness (QED) is 0.673. The molecular formula is C10H17NO3. The maximum Gasteiger partial charge on any atom is 0.110 e. The second kappa shape index (κ2) is 4.77. The van der Waals surface area contributed by atoms with Crippen molar-refractivity contribution in [2.45, 2.75) is 31.1 Å². The van der Waals surface area contributed by atoms with Crippen molar-refractivity contribution in [3.63, 3.8) is 0 Å². The Hall–Kier alpha value is -0.580. The predicted octanol–water partition coefficient (Wildman–Crippen LogP) is 0.0284. The van der Waals surface area contributed by atoms with E-state index >= 15 is 0 Å². The van der Waals surface area contributed by atoms with Crippen LogP contribution in [0.3, 0.4) is 0 Å². The highest BCUT2D eigenvalue weighted by molar-refractivity contribution is 4.86. The summed E-state index contributed by atoms with van der Waals surface area (Å²) in [5, 5.41) is 12.7. The molecule has 2 N–H and O–H groups in total. The first-order chi connectivity index (χ1) is 6.86. The molecule has 4 heteroatoms. The highest BCUT2D eigenvalue weighted by Gasteiger charge is 2.26. The van der Waals surface area contributed by atoms with E-state index in [0.717, 1.165) is 19.4 Å². The Balaban J connectivity index is 1.68. The first-order valence-corrected chi connectivity index (χ1v) is 5.16. The molecule has 0 aromatic rings. The monoisotopic (exact) mass is 199 g/mol.